The van der Waals surface area contributed by atoms with Gasteiger partial charge in [0.2, 0.25) is 0 Å². The van der Waals surface area contributed by atoms with Crippen LogP contribution >= 0.6 is 71.5 Å². The van der Waals surface area contributed by atoms with E-state index in [-0.39, 0.29) is 45.9 Å². The number of rotatable bonds is 8. The van der Waals surface area contributed by atoms with Gasteiger partial charge in [0.05, 0.1) is 13.2 Å². The topological polar surface area (TPSA) is 55.8 Å². The normalized spacial score (nSPS) is 18.3. The van der Waals surface area contributed by atoms with Crippen LogP contribution in [-0.2, 0) is 13.6 Å². The van der Waals surface area contributed by atoms with Crippen LogP contribution < -0.4 is 0 Å². The van der Waals surface area contributed by atoms with Crippen molar-refractivity contribution in [2.75, 3.05) is 23.9 Å². The highest BCUT2D eigenvalue weighted by atomic mass is 79.9. The standard InChI is InChI=1S/C6H11Br4O4P.Mg/c7-1-5(9)3-13-15(11,12)14-4-6(10)2-8;/h5-6H,1-4H2,(H,11,12);. The van der Waals surface area contributed by atoms with Gasteiger partial charge in [-0.15, -0.1) is 0 Å². The van der Waals surface area contributed by atoms with Crippen LogP contribution in [0.4, 0.5) is 0 Å². The lowest BCUT2D eigenvalue weighted by molar-refractivity contribution is 0.154. The molecule has 10 heteroatoms. The van der Waals surface area contributed by atoms with Crippen LogP contribution in [-0.4, -0.2) is 61.5 Å². The summed E-state index contributed by atoms with van der Waals surface area (Å²) in [5, 5.41) is 1.27. The van der Waals surface area contributed by atoms with Gasteiger partial charge in [-0.25, -0.2) is 4.57 Å². The van der Waals surface area contributed by atoms with Gasteiger partial charge < -0.3 is 4.89 Å². The van der Waals surface area contributed by atoms with E-state index in [4.69, 9.17) is 9.05 Å². The van der Waals surface area contributed by atoms with Crippen molar-refractivity contribution in [3.05, 3.63) is 0 Å². The molecule has 0 rings (SSSR count). The number of phosphoric acid groups is 1. The number of hydrogen-bond donors (Lipinski definition) is 1. The van der Waals surface area contributed by atoms with Crippen molar-refractivity contribution >= 4 is 94.6 Å². The molecule has 16 heavy (non-hydrogen) atoms. The second kappa shape index (κ2) is 11.6. The minimum absolute atomic E-state index is 0. The molecule has 0 aliphatic rings. The van der Waals surface area contributed by atoms with Crippen LogP contribution in [0, 0.1) is 0 Å². The number of phosphoric ester groups is 1. The smallest absolute Gasteiger partial charge is 0.302 e. The first kappa shape index (κ1) is 21.1. The van der Waals surface area contributed by atoms with Gasteiger partial charge in [-0.2, -0.15) is 0 Å². The van der Waals surface area contributed by atoms with Gasteiger partial charge in [0.15, 0.2) is 0 Å². The fourth-order valence-electron chi connectivity index (χ4n) is 0.476. The van der Waals surface area contributed by atoms with Gasteiger partial charge in [-0.3, -0.25) is 9.05 Å². The van der Waals surface area contributed by atoms with Crippen molar-refractivity contribution in [3.63, 3.8) is 0 Å². The van der Waals surface area contributed by atoms with Crippen molar-refractivity contribution in [1.82, 2.24) is 0 Å². The summed E-state index contributed by atoms with van der Waals surface area (Å²) in [5.41, 5.74) is 0. The van der Waals surface area contributed by atoms with Crippen LogP contribution in [0.5, 0.6) is 0 Å². The van der Waals surface area contributed by atoms with Crippen LogP contribution in [0.3, 0.4) is 0 Å². The molecule has 0 heterocycles. The van der Waals surface area contributed by atoms with Crippen LogP contribution in [0.25, 0.3) is 0 Å². The predicted octanol–water partition coefficient (Wildman–Crippen LogP) is 3.06. The summed E-state index contributed by atoms with van der Waals surface area (Å²) in [6, 6.07) is 0. The summed E-state index contributed by atoms with van der Waals surface area (Å²) in [7, 11) is -3.93. The average Bonchev–Trinajstić information content (AvgIpc) is 2.22. The second-order valence-corrected chi connectivity index (χ2v) is 7.90. The zero-order valence-corrected chi connectivity index (χ0v) is 17.0. The molecule has 4 nitrogen and oxygen atoms in total. The Morgan fingerprint density at radius 3 is 1.62 bits per heavy atom. The van der Waals surface area contributed by atoms with E-state index in [1.165, 1.54) is 0 Å². The molecule has 2 atom stereocenters. The lowest BCUT2D eigenvalue weighted by Gasteiger charge is -2.14. The number of alkyl halides is 4. The van der Waals surface area contributed by atoms with E-state index < -0.39 is 7.82 Å². The zero-order valence-electron chi connectivity index (χ0n) is 8.32. The van der Waals surface area contributed by atoms with E-state index in [0.29, 0.717) is 10.7 Å². The molecule has 2 unspecified atom stereocenters. The van der Waals surface area contributed by atoms with E-state index >= 15 is 0 Å². The molecular formula is C6H11Br4MgO4P. The quantitative estimate of drug-likeness (QED) is 0.303. The largest absolute Gasteiger partial charge is 0.472 e. The molecule has 0 saturated carbocycles. The maximum atomic E-state index is 11.3. The molecule has 0 fully saturated rings. The summed E-state index contributed by atoms with van der Waals surface area (Å²) in [6.07, 6.45) is 0. The Morgan fingerprint density at radius 1 is 1.06 bits per heavy atom. The highest BCUT2D eigenvalue weighted by Gasteiger charge is 2.23. The number of hydrogen-bond acceptors (Lipinski definition) is 3. The van der Waals surface area contributed by atoms with E-state index in [2.05, 4.69) is 63.7 Å². The van der Waals surface area contributed by atoms with E-state index in [1.54, 1.807) is 0 Å². The molecule has 0 saturated heterocycles. The first-order chi connectivity index (χ1) is 6.91. The van der Waals surface area contributed by atoms with Gasteiger partial charge in [0.25, 0.3) is 0 Å². The lowest BCUT2D eigenvalue weighted by Crippen LogP contribution is -2.12. The van der Waals surface area contributed by atoms with E-state index in [1.807, 2.05) is 0 Å². The lowest BCUT2D eigenvalue weighted by atomic mass is 10.5. The molecular weight excluding hydrogens is 511 g/mol. The first-order valence-electron chi connectivity index (χ1n) is 3.93. The summed E-state index contributed by atoms with van der Waals surface area (Å²) >= 11 is 12.9. The molecule has 0 spiro atoms. The minimum Gasteiger partial charge on any atom is -0.302 e. The van der Waals surface area contributed by atoms with E-state index in [0.717, 1.165) is 0 Å². The van der Waals surface area contributed by atoms with Crippen molar-refractivity contribution in [1.29, 1.82) is 0 Å². The minimum atomic E-state index is -3.93. The average molecular weight is 522 g/mol. The highest BCUT2D eigenvalue weighted by Crippen LogP contribution is 2.44. The maximum absolute atomic E-state index is 11.3. The molecule has 94 valence electrons. The second-order valence-electron chi connectivity index (χ2n) is 2.56. The summed E-state index contributed by atoms with van der Waals surface area (Å²) in [4.78, 5) is 9.21. The molecule has 2 radical (unpaired) electrons. The molecule has 0 aromatic heterocycles. The van der Waals surface area contributed by atoms with E-state index in [9.17, 15) is 9.46 Å². The Kier molecular flexibility index (Phi) is 15.3. The monoisotopic (exact) mass is 518 g/mol. The molecule has 0 amide bonds. The SMILES string of the molecule is O=P(O)(OCC(Br)CBr)OCC(Br)CBr.[Mg]. The Bertz CT molecular complexity index is 205. The number of halogens is 4. The van der Waals surface area contributed by atoms with Crippen molar-refractivity contribution in [3.8, 4) is 0 Å². The van der Waals surface area contributed by atoms with Crippen LogP contribution in [0.15, 0.2) is 0 Å². The fraction of sp³-hybridized carbons (Fsp3) is 1.00. The summed E-state index contributed by atoms with van der Waals surface area (Å²) in [5.74, 6) is 0. The summed E-state index contributed by atoms with van der Waals surface area (Å²) < 4.78 is 20.8. The highest BCUT2D eigenvalue weighted by molar-refractivity contribution is 9.12. The first-order valence-corrected chi connectivity index (χ1v) is 9.50. The Morgan fingerprint density at radius 2 is 1.38 bits per heavy atom. The molecule has 0 aliphatic heterocycles. The van der Waals surface area contributed by atoms with Gasteiger partial charge >= 0.3 is 7.82 Å². The fourth-order valence-corrected chi connectivity index (χ4v) is 2.33. The molecule has 0 aromatic rings. The molecule has 0 aromatic carbocycles. The van der Waals surface area contributed by atoms with Crippen LogP contribution in [0.1, 0.15) is 0 Å². The maximum Gasteiger partial charge on any atom is 0.472 e. The molecule has 0 aliphatic carbocycles. The Hall–Kier alpha value is 2.80. The van der Waals surface area contributed by atoms with Gasteiger partial charge in [0, 0.05) is 43.4 Å². The van der Waals surface area contributed by atoms with Crippen molar-refractivity contribution in [2.24, 2.45) is 0 Å². The Labute approximate surface area is 145 Å². The Balaban J connectivity index is 0. The molecule has 1 N–H and O–H groups in total. The van der Waals surface area contributed by atoms with Gasteiger partial charge in [-0.1, -0.05) is 63.7 Å². The predicted molar refractivity (Wildman–Crippen MR) is 80.5 cm³/mol. The van der Waals surface area contributed by atoms with Gasteiger partial charge in [-0.05, 0) is 0 Å². The van der Waals surface area contributed by atoms with Crippen molar-refractivity contribution < 1.29 is 18.5 Å². The van der Waals surface area contributed by atoms with Crippen LogP contribution in [0.2, 0.25) is 0 Å². The van der Waals surface area contributed by atoms with Crippen molar-refractivity contribution in [2.45, 2.75) is 9.65 Å². The van der Waals surface area contributed by atoms with Gasteiger partial charge in [0.1, 0.15) is 0 Å². The molecule has 0 bridgehead atoms. The summed E-state index contributed by atoms with van der Waals surface area (Å²) in [6.45, 7) is 0.223. The zero-order chi connectivity index (χ0) is 11.9. The third kappa shape index (κ3) is 11.9. The third-order valence-corrected chi connectivity index (χ3v) is 6.60. The third-order valence-electron chi connectivity index (χ3n) is 1.17.